The summed E-state index contributed by atoms with van der Waals surface area (Å²) >= 11 is 0. The molecule has 0 spiro atoms. The monoisotopic (exact) mass is 615 g/mol. The summed E-state index contributed by atoms with van der Waals surface area (Å²) in [5.41, 5.74) is 5.55. The average molecular weight is 616 g/mol. The Morgan fingerprint density at radius 3 is 2.45 bits per heavy atom. The molecule has 0 radical (unpaired) electrons. The van der Waals surface area contributed by atoms with Crippen LogP contribution >= 0.6 is 0 Å². The number of nitrogens with zero attached hydrogens (tertiary/aromatic N) is 4. The summed E-state index contributed by atoms with van der Waals surface area (Å²) in [6.07, 6.45) is -3.34. The normalized spacial score (nSPS) is 14.3. The molecule has 7 nitrogen and oxygen atoms in total. The second-order valence-electron chi connectivity index (χ2n) is 10.8. The van der Waals surface area contributed by atoms with Crippen molar-refractivity contribution < 1.29 is 35.9 Å². The molecular formula is C31H27F6N5O2. The first kappa shape index (κ1) is 30.9. The number of alkyl halides is 3. The van der Waals surface area contributed by atoms with Gasteiger partial charge in [-0.3, -0.25) is 19.3 Å². The number of carbonyl (C=O) groups is 2. The van der Waals surface area contributed by atoms with Crippen LogP contribution in [0.2, 0.25) is 0 Å². The molecule has 0 saturated carbocycles. The van der Waals surface area contributed by atoms with Crippen molar-refractivity contribution in [3.05, 3.63) is 106 Å². The smallest absolute Gasteiger partial charge is 0.366 e. The average Bonchev–Trinajstić information content (AvgIpc) is 3.30. The molecule has 2 aromatic carbocycles. The number of fused-ring (bicyclic) bond motifs is 1. The van der Waals surface area contributed by atoms with Crippen LogP contribution < -0.4 is 5.73 Å². The van der Waals surface area contributed by atoms with Gasteiger partial charge in [0, 0.05) is 60.9 Å². The van der Waals surface area contributed by atoms with Crippen molar-refractivity contribution in [2.45, 2.75) is 44.4 Å². The fourth-order valence-corrected chi connectivity index (χ4v) is 5.64. The van der Waals surface area contributed by atoms with Gasteiger partial charge in [0.25, 0.3) is 5.91 Å². The summed E-state index contributed by atoms with van der Waals surface area (Å²) in [5, 5.41) is 3.77. The van der Waals surface area contributed by atoms with Crippen LogP contribution in [0.4, 0.5) is 26.3 Å². The Balaban J connectivity index is 1.52. The van der Waals surface area contributed by atoms with Crippen LogP contribution in [0.15, 0.2) is 54.7 Å². The Morgan fingerprint density at radius 1 is 1.05 bits per heavy atom. The zero-order valence-electron chi connectivity index (χ0n) is 23.5. The standard InChI is InChI=1S/C31H27F6N5O2/c1-41-8-6-27-25(16-41)29(31(35,36)37)40-42(27)15-22(43)12-19(9-17-10-20(32)14-21(33)11-17)28-23(3-2-7-39-28)18-4-5-26(34)24(13-18)30(38)44/h2-5,7,10-11,13-14,19H,6,8-9,12,15-16H2,1H3,(H2,38,44)/t19-/m1/s1. The van der Waals surface area contributed by atoms with Crippen molar-refractivity contribution in [2.24, 2.45) is 5.73 Å². The first-order valence-corrected chi connectivity index (χ1v) is 13.7. The second-order valence-corrected chi connectivity index (χ2v) is 10.8. The SMILES string of the molecule is CN1CCc2c(c(C(F)(F)F)nn2CC(=O)C[C@@H](Cc2cc(F)cc(F)c2)c2ncccc2-c2ccc(F)c(C(N)=O)c2)C1. The van der Waals surface area contributed by atoms with E-state index in [9.17, 15) is 35.9 Å². The number of pyridine rings is 1. The summed E-state index contributed by atoms with van der Waals surface area (Å²) in [7, 11) is 1.70. The van der Waals surface area contributed by atoms with E-state index in [1.165, 1.54) is 18.3 Å². The van der Waals surface area contributed by atoms with Crippen molar-refractivity contribution in [1.29, 1.82) is 0 Å². The highest BCUT2D eigenvalue weighted by molar-refractivity contribution is 5.94. The van der Waals surface area contributed by atoms with Gasteiger partial charge < -0.3 is 10.6 Å². The molecule has 4 aromatic rings. The van der Waals surface area contributed by atoms with Crippen LogP contribution in [0.25, 0.3) is 11.1 Å². The number of nitrogens with two attached hydrogens (primary N) is 1. The van der Waals surface area contributed by atoms with Crippen LogP contribution in [0, 0.1) is 17.5 Å². The minimum absolute atomic E-state index is 0.0272. The number of hydrogen-bond acceptors (Lipinski definition) is 5. The largest absolute Gasteiger partial charge is 0.435 e. The van der Waals surface area contributed by atoms with Crippen LogP contribution in [0.3, 0.4) is 0 Å². The first-order valence-electron chi connectivity index (χ1n) is 13.7. The van der Waals surface area contributed by atoms with E-state index in [0.717, 1.165) is 22.9 Å². The number of carbonyl (C=O) groups excluding carboxylic acids is 2. The quantitative estimate of drug-likeness (QED) is 0.253. The Morgan fingerprint density at radius 2 is 1.77 bits per heavy atom. The fourth-order valence-electron chi connectivity index (χ4n) is 5.64. The Hall–Kier alpha value is -4.52. The molecule has 1 amide bonds. The summed E-state index contributed by atoms with van der Waals surface area (Å²) in [5.74, 6) is -4.79. The van der Waals surface area contributed by atoms with Gasteiger partial charge in [-0.05, 0) is 54.9 Å². The van der Waals surface area contributed by atoms with E-state index in [1.807, 2.05) is 0 Å². The number of Topliss-reactive ketones (excluding diaryl/α,β-unsaturated/α-hetero) is 1. The third-order valence-corrected chi connectivity index (χ3v) is 7.57. The summed E-state index contributed by atoms with van der Waals surface area (Å²) in [6, 6.07) is 9.84. The van der Waals surface area contributed by atoms with Crippen molar-refractivity contribution in [3.63, 3.8) is 0 Å². The molecule has 0 aliphatic carbocycles. The Kier molecular flexibility index (Phi) is 8.60. The topological polar surface area (TPSA) is 94.1 Å². The lowest BCUT2D eigenvalue weighted by Gasteiger charge is -2.24. The Labute approximate surface area is 248 Å². The lowest BCUT2D eigenvalue weighted by atomic mass is 9.86. The van der Waals surface area contributed by atoms with Gasteiger partial charge in [0.1, 0.15) is 17.5 Å². The minimum Gasteiger partial charge on any atom is -0.366 e. The summed E-state index contributed by atoms with van der Waals surface area (Å²) in [4.78, 5) is 31.5. The minimum atomic E-state index is -4.71. The first-order chi connectivity index (χ1) is 20.8. The number of rotatable bonds is 9. The third kappa shape index (κ3) is 6.67. The van der Waals surface area contributed by atoms with Crippen molar-refractivity contribution in [1.82, 2.24) is 19.7 Å². The van der Waals surface area contributed by atoms with Crippen LogP contribution in [-0.2, 0) is 36.9 Å². The molecule has 0 saturated heterocycles. The second kappa shape index (κ2) is 12.2. The molecule has 13 heteroatoms. The van der Waals surface area contributed by atoms with Gasteiger partial charge in [-0.25, -0.2) is 13.2 Å². The third-order valence-electron chi connectivity index (χ3n) is 7.57. The van der Waals surface area contributed by atoms with E-state index >= 15 is 0 Å². The van der Waals surface area contributed by atoms with Crippen molar-refractivity contribution in [2.75, 3.05) is 13.6 Å². The van der Waals surface area contributed by atoms with Gasteiger partial charge in [0.2, 0.25) is 0 Å². The van der Waals surface area contributed by atoms with Gasteiger partial charge in [-0.2, -0.15) is 18.3 Å². The molecule has 0 bridgehead atoms. The van der Waals surface area contributed by atoms with Gasteiger partial charge in [-0.15, -0.1) is 0 Å². The van der Waals surface area contributed by atoms with Crippen LogP contribution in [0.1, 0.15) is 50.9 Å². The summed E-state index contributed by atoms with van der Waals surface area (Å²) < 4.78 is 85.0. The maximum Gasteiger partial charge on any atom is 0.435 e. The number of likely N-dealkylation sites (N-methyl/N-ethyl adjacent to an activating group) is 1. The fraction of sp³-hybridized carbons (Fsp3) is 0.290. The number of hydrogen-bond donors (Lipinski definition) is 1. The molecule has 5 rings (SSSR count). The lowest BCUT2D eigenvalue weighted by molar-refractivity contribution is -0.142. The van der Waals surface area contributed by atoms with E-state index in [1.54, 1.807) is 24.1 Å². The predicted molar refractivity (Wildman–Crippen MR) is 148 cm³/mol. The predicted octanol–water partition coefficient (Wildman–Crippen LogP) is 5.45. The van der Waals surface area contributed by atoms with Gasteiger partial charge in [0.05, 0.1) is 17.8 Å². The van der Waals surface area contributed by atoms with E-state index in [-0.39, 0.29) is 42.5 Å². The molecule has 1 atom stereocenters. The zero-order valence-corrected chi connectivity index (χ0v) is 23.5. The number of ketones is 1. The van der Waals surface area contributed by atoms with E-state index in [4.69, 9.17) is 5.73 Å². The molecule has 2 N–H and O–H groups in total. The molecular weight excluding hydrogens is 588 g/mol. The lowest BCUT2D eigenvalue weighted by Crippen LogP contribution is -2.29. The Bertz CT molecular complexity index is 1710. The molecule has 230 valence electrons. The van der Waals surface area contributed by atoms with Gasteiger partial charge in [-0.1, -0.05) is 12.1 Å². The highest BCUT2D eigenvalue weighted by Crippen LogP contribution is 2.36. The van der Waals surface area contributed by atoms with E-state index in [2.05, 4.69) is 10.1 Å². The maximum absolute atomic E-state index is 14.2. The number of amides is 1. The molecule has 0 fully saturated rings. The molecule has 44 heavy (non-hydrogen) atoms. The number of aromatic nitrogens is 3. The number of halogens is 6. The van der Waals surface area contributed by atoms with Gasteiger partial charge >= 0.3 is 6.18 Å². The molecule has 2 aromatic heterocycles. The van der Waals surface area contributed by atoms with Crippen LogP contribution in [0.5, 0.6) is 0 Å². The van der Waals surface area contributed by atoms with Crippen LogP contribution in [-0.4, -0.2) is 44.9 Å². The molecule has 1 aliphatic rings. The zero-order chi connectivity index (χ0) is 31.8. The number of benzene rings is 2. The van der Waals surface area contributed by atoms with E-state index in [0.29, 0.717) is 35.1 Å². The van der Waals surface area contributed by atoms with E-state index < -0.39 is 53.5 Å². The highest BCUT2D eigenvalue weighted by Gasteiger charge is 2.40. The summed E-state index contributed by atoms with van der Waals surface area (Å²) in [6.45, 7) is 0.0647. The molecule has 1 aliphatic heterocycles. The molecule has 0 unspecified atom stereocenters. The highest BCUT2D eigenvalue weighted by atomic mass is 19.4. The number of primary amides is 1. The van der Waals surface area contributed by atoms with Crippen molar-refractivity contribution in [3.8, 4) is 11.1 Å². The van der Waals surface area contributed by atoms with Gasteiger partial charge in [0.15, 0.2) is 11.5 Å². The molecule has 3 heterocycles. The van der Waals surface area contributed by atoms with Crippen molar-refractivity contribution >= 4 is 11.7 Å². The maximum atomic E-state index is 14.2.